The molecule has 2 saturated heterocycles. The number of likely N-dealkylation sites (N-methyl/N-ethyl adjacent to an activating group) is 1. The number of nitrogens with one attached hydrogen (secondary N) is 1. The molecule has 2 fully saturated rings. The molecule has 0 radical (unpaired) electrons. The highest BCUT2D eigenvalue weighted by Crippen LogP contribution is 2.27. The Hall–Kier alpha value is -2.57. The predicted octanol–water partition coefficient (Wildman–Crippen LogP) is 1.07. The number of guanidine groups is 1. The minimum atomic E-state index is -0.463. The van der Waals surface area contributed by atoms with Crippen molar-refractivity contribution in [1.82, 2.24) is 20.0 Å². The van der Waals surface area contributed by atoms with E-state index in [4.69, 9.17) is 0 Å². The first kappa shape index (κ1) is 16.3. The lowest BCUT2D eigenvalue weighted by Gasteiger charge is -2.41. The van der Waals surface area contributed by atoms with Gasteiger partial charge in [0.1, 0.15) is 6.17 Å². The summed E-state index contributed by atoms with van der Waals surface area (Å²) in [5.74, 6) is 0.460. The topological polar surface area (TPSA) is 68.2 Å². The molecule has 1 aromatic rings. The van der Waals surface area contributed by atoms with Gasteiger partial charge in [0, 0.05) is 20.1 Å². The number of hydrogen-bond acceptors (Lipinski definition) is 3. The molecule has 2 aliphatic rings. The largest absolute Gasteiger partial charge is 0.334 e. The second-order valence-corrected chi connectivity index (χ2v) is 6.39. The fourth-order valence-electron chi connectivity index (χ4n) is 3.35. The number of urea groups is 1. The molecule has 3 rings (SSSR count). The molecule has 24 heavy (non-hydrogen) atoms. The molecule has 1 aromatic carbocycles. The fraction of sp³-hybridized carbons (Fsp3) is 0.471. The maximum atomic E-state index is 13.1. The van der Waals surface area contributed by atoms with E-state index in [1.165, 1.54) is 4.90 Å². The number of aliphatic imine (C=N–C) groups is 1. The maximum Gasteiger partial charge on any atom is 0.328 e. The molecule has 0 spiro atoms. The Labute approximate surface area is 141 Å². The van der Waals surface area contributed by atoms with Crippen LogP contribution in [0.2, 0.25) is 0 Å². The van der Waals surface area contributed by atoms with E-state index in [-0.39, 0.29) is 24.5 Å². The van der Waals surface area contributed by atoms with Gasteiger partial charge in [0.05, 0.1) is 6.54 Å². The predicted molar refractivity (Wildman–Crippen MR) is 91.2 cm³/mol. The molecule has 7 heteroatoms. The zero-order valence-corrected chi connectivity index (χ0v) is 14.4. The van der Waals surface area contributed by atoms with Crippen LogP contribution in [-0.2, 0) is 11.3 Å². The van der Waals surface area contributed by atoms with Gasteiger partial charge in [-0.1, -0.05) is 30.3 Å². The lowest BCUT2D eigenvalue weighted by Crippen LogP contribution is -2.66. The highest BCUT2D eigenvalue weighted by molar-refractivity contribution is 6.04. The van der Waals surface area contributed by atoms with Gasteiger partial charge in [0.25, 0.3) is 5.91 Å². The molecule has 1 N–H and O–H groups in total. The number of rotatable bonds is 3. The highest BCUT2D eigenvalue weighted by Gasteiger charge is 2.53. The zero-order valence-electron chi connectivity index (χ0n) is 14.4. The van der Waals surface area contributed by atoms with Gasteiger partial charge in [0.2, 0.25) is 0 Å². The van der Waals surface area contributed by atoms with E-state index in [9.17, 15) is 9.59 Å². The maximum absolute atomic E-state index is 13.1. The van der Waals surface area contributed by atoms with Crippen molar-refractivity contribution in [2.24, 2.45) is 4.99 Å². The summed E-state index contributed by atoms with van der Waals surface area (Å²) in [6.07, 6.45) is -0.391. The van der Waals surface area contributed by atoms with E-state index in [1.54, 1.807) is 19.0 Å². The van der Waals surface area contributed by atoms with Crippen LogP contribution in [-0.4, -0.2) is 64.9 Å². The molecule has 0 saturated carbocycles. The number of benzene rings is 1. The molecule has 0 bridgehead atoms. The Morgan fingerprint density at radius 2 is 1.88 bits per heavy atom. The summed E-state index contributed by atoms with van der Waals surface area (Å²) in [5.41, 5.74) is 0.928. The summed E-state index contributed by atoms with van der Waals surface area (Å²) < 4.78 is 0. The molecular weight excluding hydrogens is 306 g/mol. The Kier molecular flexibility index (Phi) is 4.17. The summed E-state index contributed by atoms with van der Waals surface area (Å²) in [6, 6.07) is 8.89. The molecule has 0 aliphatic carbocycles. The Bertz CT molecular complexity index is 673. The summed E-state index contributed by atoms with van der Waals surface area (Å²) >= 11 is 0. The Morgan fingerprint density at radius 1 is 1.21 bits per heavy atom. The Balaban J connectivity index is 1.94. The average molecular weight is 329 g/mol. The van der Waals surface area contributed by atoms with Crippen molar-refractivity contribution < 1.29 is 9.59 Å². The number of carbonyl (C=O) groups excluding carboxylic acids is 2. The molecule has 2 aliphatic heterocycles. The minimum Gasteiger partial charge on any atom is -0.334 e. The van der Waals surface area contributed by atoms with E-state index < -0.39 is 12.2 Å². The van der Waals surface area contributed by atoms with Crippen molar-refractivity contribution in [3.8, 4) is 0 Å². The third-order valence-electron chi connectivity index (χ3n) is 4.54. The second-order valence-electron chi connectivity index (χ2n) is 6.39. The van der Waals surface area contributed by atoms with Crippen LogP contribution in [0.25, 0.3) is 0 Å². The summed E-state index contributed by atoms with van der Waals surface area (Å²) in [5, 5.41) is 3.20. The van der Waals surface area contributed by atoms with Crippen LogP contribution in [0.5, 0.6) is 0 Å². The standard InChI is InChI=1S/C17H23N5O2/c1-11(2)22-13-14(19-16(22)18-3)20(4)17(24)21(15(13)23)10-12-8-6-5-7-9-12/h5-9,11,13-14H,10H2,1-4H3,(H,18,19). The van der Waals surface area contributed by atoms with Crippen LogP contribution in [0.3, 0.4) is 0 Å². The van der Waals surface area contributed by atoms with Crippen molar-refractivity contribution >= 4 is 17.9 Å². The van der Waals surface area contributed by atoms with Crippen LogP contribution >= 0.6 is 0 Å². The van der Waals surface area contributed by atoms with Crippen LogP contribution in [0, 0.1) is 0 Å². The Morgan fingerprint density at radius 3 is 2.46 bits per heavy atom. The van der Waals surface area contributed by atoms with Crippen molar-refractivity contribution in [3.63, 3.8) is 0 Å². The van der Waals surface area contributed by atoms with Crippen LogP contribution < -0.4 is 5.32 Å². The summed E-state index contributed by atoms with van der Waals surface area (Å²) in [4.78, 5) is 34.9. The van der Waals surface area contributed by atoms with Gasteiger partial charge in [-0.05, 0) is 19.4 Å². The van der Waals surface area contributed by atoms with Crippen molar-refractivity contribution in [2.45, 2.75) is 38.6 Å². The van der Waals surface area contributed by atoms with Crippen LogP contribution in [0.15, 0.2) is 35.3 Å². The number of nitrogens with zero attached hydrogens (tertiary/aromatic N) is 4. The van der Waals surface area contributed by atoms with Crippen LogP contribution in [0.4, 0.5) is 4.79 Å². The number of fused-ring (bicyclic) bond motifs is 1. The molecular formula is C17H23N5O2. The highest BCUT2D eigenvalue weighted by atomic mass is 16.2. The average Bonchev–Trinajstić information content (AvgIpc) is 2.98. The zero-order chi connectivity index (χ0) is 17.4. The number of amides is 3. The van der Waals surface area contributed by atoms with Gasteiger partial charge in [-0.15, -0.1) is 0 Å². The fourth-order valence-corrected chi connectivity index (χ4v) is 3.35. The molecule has 2 atom stereocenters. The van der Waals surface area contributed by atoms with E-state index in [2.05, 4.69) is 10.3 Å². The quantitative estimate of drug-likeness (QED) is 0.901. The lowest BCUT2D eigenvalue weighted by atomic mass is 10.1. The van der Waals surface area contributed by atoms with Crippen molar-refractivity contribution in [3.05, 3.63) is 35.9 Å². The van der Waals surface area contributed by atoms with Gasteiger partial charge in [-0.25, -0.2) is 4.79 Å². The lowest BCUT2D eigenvalue weighted by molar-refractivity contribution is -0.138. The molecule has 7 nitrogen and oxygen atoms in total. The summed E-state index contributed by atoms with van der Waals surface area (Å²) in [7, 11) is 3.40. The smallest absolute Gasteiger partial charge is 0.328 e. The molecule has 2 unspecified atom stereocenters. The van der Waals surface area contributed by atoms with E-state index >= 15 is 0 Å². The first-order valence-corrected chi connectivity index (χ1v) is 8.09. The number of imide groups is 1. The SMILES string of the molecule is CN=C1NC2C(C(=O)N(Cc3ccccc3)C(=O)N2C)N1C(C)C. The molecule has 2 heterocycles. The summed E-state index contributed by atoms with van der Waals surface area (Å²) in [6.45, 7) is 4.30. The molecule has 0 aromatic heterocycles. The van der Waals surface area contributed by atoms with E-state index in [0.29, 0.717) is 5.96 Å². The number of carbonyl (C=O) groups is 2. The first-order valence-electron chi connectivity index (χ1n) is 8.09. The third-order valence-corrected chi connectivity index (χ3v) is 4.54. The molecule has 128 valence electrons. The van der Waals surface area contributed by atoms with E-state index in [1.807, 2.05) is 49.1 Å². The van der Waals surface area contributed by atoms with Crippen LogP contribution in [0.1, 0.15) is 19.4 Å². The number of hydrogen-bond donors (Lipinski definition) is 1. The van der Waals surface area contributed by atoms with Crippen molar-refractivity contribution in [1.29, 1.82) is 0 Å². The minimum absolute atomic E-state index is 0.0929. The van der Waals surface area contributed by atoms with Gasteiger partial charge in [-0.3, -0.25) is 14.7 Å². The third kappa shape index (κ3) is 2.50. The van der Waals surface area contributed by atoms with Gasteiger partial charge in [0.15, 0.2) is 12.0 Å². The molecule has 3 amide bonds. The normalized spacial score (nSPS) is 25.5. The van der Waals surface area contributed by atoms with Gasteiger partial charge < -0.3 is 15.1 Å². The van der Waals surface area contributed by atoms with Gasteiger partial charge in [-0.2, -0.15) is 0 Å². The van der Waals surface area contributed by atoms with Gasteiger partial charge >= 0.3 is 6.03 Å². The van der Waals surface area contributed by atoms with E-state index in [0.717, 1.165) is 5.56 Å². The monoisotopic (exact) mass is 329 g/mol. The second kappa shape index (κ2) is 6.14. The van der Waals surface area contributed by atoms with Crippen molar-refractivity contribution in [2.75, 3.05) is 14.1 Å². The first-order chi connectivity index (χ1) is 11.5.